The van der Waals surface area contributed by atoms with Crippen molar-refractivity contribution in [2.75, 3.05) is 11.9 Å². The van der Waals surface area contributed by atoms with E-state index in [2.05, 4.69) is 11.4 Å². The molecule has 106 valence electrons. The number of ether oxygens (including phenoxy) is 1. The molecule has 0 spiro atoms. The van der Waals surface area contributed by atoms with Crippen LogP contribution in [0.15, 0.2) is 36.4 Å². The smallest absolute Gasteiger partial charge is 0.147 e. The van der Waals surface area contributed by atoms with Crippen LogP contribution < -0.4 is 10.1 Å². The topological polar surface area (TPSA) is 45.0 Å². The van der Waals surface area contributed by atoms with E-state index in [1.165, 1.54) is 11.6 Å². The molecule has 0 saturated carbocycles. The monoisotopic (exact) mass is 282 g/mol. The third kappa shape index (κ3) is 2.68. The van der Waals surface area contributed by atoms with Crippen LogP contribution in [0, 0.1) is 17.1 Å². The highest BCUT2D eigenvalue weighted by atomic mass is 19.1. The summed E-state index contributed by atoms with van der Waals surface area (Å²) in [4.78, 5) is 0. The van der Waals surface area contributed by atoms with Crippen molar-refractivity contribution >= 4 is 5.69 Å². The summed E-state index contributed by atoms with van der Waals surface area (Å²) in [6, 6.07) is 12.4. The third-order valence-electron chi connectivity index (χ3n) is 3.68. The second-order valence-electron chi connectivity index (χ2n) is 5.14. The molecule has 0 amide bonds. The average Bonchev–Trinajstić information content (AvgIpc) is 2.96. The molecule has 3 rings (SSSR count). The number of anilines is 1. The molecular weight excluding hydrogens is 267 g/mol. The van der Waals surface area contributed by atoms with Gasteiger partial charge in [-0.2, -0.15) is 5.26 Å². The SMILES string of the molecule is CC(Nc1ccc(C#N)cc1F)c1ccc2c(c1)CCO2. The molecule has 2 aromatic rings. The zero-order valence-corrected chi connectivity index (χ0v) is 11.7. The molecule has 2 aromatic carbocycles. The Labute approximate surface area is 123 Å². The van der Waals surface area contributed by atoms with Gasteiger partial charge in [-0.3, -0.25) is 0 Å². The minimum Gasteiger partial charge on any atom is -0.493 e. The summed E-state index contributed by atoms with van der Waals surface area (Å²) in [5.41, 5.74) is 3.00. The fraction of sp³-hybridized carbons (Fsp3) is 0.235. The van der Waals surface area contributed by atoms with Gasteiger partial charge in [-0.05, 0) is 48.4 Å². The first kappa shape index (κ1) is 13.4. The molecule has 21 heavy (non-hydrogen) atoms. The highest BCUT2D eigenvalue weighted by Gasteiger charge is 2.15. The predicted molar refractivity (Wildman–Crippen MR) is 78.8 cm³/mol. The molecule has 0 bridgehead atoms. The van der Waals surface area contributed by atoms with Crippen LogP contribution in [-0.2, 0) is 6.42 Å². The lowest BCUT2D eigenvalue weighted by atomic mass is 10.0. The number of nitriles is 1. The Hall–Kier alpha value is -2.54. The molecule has 0 aliphatic carbocycles. The number of rotatable bonds is 3. The number of fused-ring (bicyclic) bond motifs is 1. The number of halogens is 1. The maximum Gasteiger partial charge on any atom is 0.147 e. The molecule has 4 heteroatoms. The normalized spacial score (nSPS) is 14.0. The van der Waals surface area contributed by atoms with Gasteiger partial charge in [-0.25, -0.2) is 4.39 Å². The van der Waals surface area contributed by atoms with E-state index < -0.39 is 5.82 Å². The van der Waals surface area contributed by atoms with E-state index in [4.69, 9.17) is 10.00 Å². The lowest BCUT2D eigenvalue weighted by Crippen LogP contribution is -2.08. The summed E-state index contributed by atoms with van der Waals surface area (Å²) in [5.74, 6) is 0.529. The van der Waals surface area contributed by atoms with Gasteiger partial charge in [0.25, 0.3) is 0 Å². The second kappa shape index (κ2) is 5.45. The molecule has 1 aliphatic rings. The van der Waals surface area contributed by atoms with Crippen molar-refractivity contribution in [3.05, 3.63) is 58.9 Å². The van der Waals surface area contributed by atoms with Gasteiger partial charge < -0.3 is 10.1 Å². The van der Waals surface area contributed by atoms with Gasteiger partial charge in [0.2, 0.25) is 0 Å². The van der Waals surface area contributed by atoms with Crippen LogP contribution in [0.4, 0.5) is 10.1 Å². The van der Waals surface area contributed by atoms with E-state index in [9.17, 15) is 4.39 Å². The van der Waals surface area contributed by atoms with E-state index in [0.29, 0.717) is 11.3 Å². The maximum absolute atomic E-state index is 13.9. The molecule has 1 heterocycles. The fourth-order valence-corrected chi connectivity index (χ4v) is 2.49. The largest absolute Gasteiger partial charge is 0.493 e. The molecule has 0 radical (unpaired) electrons. The summed E-state index contributed by atoms with van der Waals surface area (Å²) in [7, 11) is 0. The summed E-state index contributed by atoms with van der Waals surface area (Å²) >= 11 is 0. The number of hydrogen-bond donors (Lipinski definition) is 1. The van der Waals surface area contributed by atoms with Crippen molar-refractivity contribution in [3.8, 4) is 11.8 Å². The lowest BCUT2D eigenvalue weighted by Gasteiger charge is -2.17. The molecule has 1 aliphatic heterocycles. The highest BCUT2D eigenvalue weighted by Crippen LogP contribution is 2.29. The minimum atomic E-state index is -0.412. The Balaban J connectivity index is 1.80. The van der Waals surface area contributed by atoms with E-state index >= 15 is 0 Å². The van der Waals surface area contributed by atoms with E-state index in [-0.39, 0.29) is 6.04 Å². The number of hydrogen-bond acceptors (Lipinski definition) is 3. The Bertz CT molecular complexity index is 721. The van der Waals surface area contributed by atoms with Gasteiger partial charge in [0.15, 0.2) is 0 Å². The maximum atomic E-state index is 13.9. The molecule has 1 N–H and O–H groups in total. The second-order valence-corrected chi connectivity index (χ2v) is 5.14. The van der Waals surface area contributed by atoms with E-state index in [0.717, 1.165) is 24.3 Å². The van der Waals surface area contributed by atoms with Gasteiger partial charge in [0.05, 0.1) is 23.9 Å². The first-order valence-corrected chi connectivity index (χ1v) is 6.89. The van der Waals surface area contributed by atoms with E-state index in [1.54, 1.807) is 12.1 Å². The number of nitrogens with zero attached hydrogens (tertiary/aromatic N) is 1. The first-order valence-electron chi connectivity index (χ1n) is 6.89. The van der Waals surface area contributed by atoms with Crippen LogP contribution >= 0.6 is 0 Å². The Morgan fingerprint density at radius 1 is 1.29 bits per heavy atom. The number of benzene rings is 2. The summed E-state index contributed by atoms with van der Waals surface area (Å²) in [6.07, 6.45) is 0.918. The van der Waals surface area contributed by atoms with Crippen LogP contribution in [0.3, 0.4) is 0 Å². The Morgan fingerprint density at radius 2 is 2.14 bits per heavy atom. The molecular formula is C17H15FN2O. The minimum absolute atomic E-state index is 0.0293. The average molecular weight is 282 g/mol. The van der Waals surface area contributed by atoms with Gasteiger partial charge in [-0.1, -0.05) is 6.07 Å². The quantitative estimate of drug-likeness (QED) is 0.931. The van der Waals surface area contributed by atoms with Crippen LogP contribution in [0.2, 0.25) is 0 Å². The van der Waals surface area contributed by atoms with Gasteiger partial charge in [0, 0.05) is 12.5 Å². The predicted octanol–water partition coefficient (Wildman–Crippen LogP) is 3.81. The van der Waals surface area contributed by atoms with Crippen LogP contribution in [-0.4, -0.2) is 6.61 Å². The lowest BCUT2D eigenvalue weighted by molar-refractivity contribution is 0.357. The molecule has 3 nitrogen and oxygen atoms in total. The van der Waals surface area contributed by atoms with Crippen molar-refractivity contribution in [1.29, 1.82) is 5.26 Å². The van der Waals surface area contributed by atoms with Gasteiger partial charge in [-0.15, -0.1) is 0 Å². The Morgan fingerprint density at radius 3 is 2.90 bits per heavy atom. The molecule has 1 atom stereocenters. The third-order valence-corrected chi connectivity index (χ3v) is 3.68. The zero-order chi connectivity index (χ0) is 14.8. The summed E-state index contributed by atoms with van der Waals surface area (Å²) < 4.78 is 19.4. The highest BCUT2D eigenvalue weighted by molar-refractivity contribution is 5.51. The molecule has 1 unspecified atom stereocenters. The molecule has 0 aromatic heterocycles. The van der Waals surface area contributed by atoms with Crippen LogP contribution in [0.5, 0.6) is 5.75 Å². The van der Waals surface area contributed by atoms with Crippen molar-refractivity contribution in [3.63, 3.8) is 0 Å². The molecule has 0 saturated heterocycles. The summed E-state index contributed by atoms with van der Waals surface area (Å²) in [6.45, 7) is 2.71. The Kier molecular flexibility index (Phi) is 3.49. The van der Waals surface area contributed by atoms with Crippen LogP contribution in [0.25, 0.3) is 0 Å². The van der Waals surface area contributed by atoms with Gasteiger partial charge >= 0.3 is 0 Å². The van der Waals surface area contributed by atoms with Crippen molar-refractivity contribution in [2.24, 2.45) is 0 Å². The van der Waals surface area contributed by atoms with E-state index in [1.807, 2.05) is 25.1 Å². The van der Waals surface area contributed by atoms with Crippen molar-refractivity contribution < 1.29 is 9.13 Å². The van der Waals surface area contributed by atoms with Crippen molar-refractivity contribution in [2.45, 2.75) is 19.4 Å². The first-order chi connectivity index (χ1) is 10.2. The summed E-state index contributed by atoms with van der Waals surface area (Å²) in [5, 5.41) is 11.9. The zero-order valence-electron chi connectivity index (χ0n) is 11.7. The number of nitrogens with one attached hydrogen (secondary N) is 1. The molecule has 0 fully saturated rings. The standard InChI is InChI=1S/C17H15FN2O/c1-11(13-3-5-17-14(9-13)6-7-21-17)20-16-4-2-12(10-19)8-15(16)18/h2-5,8-9,11,20H,6-7H2,1H3. The fourth-order valence-electron chi connectivity index (χ4n) is 2.49. The van der Waals surface area contributed by atoms with Crippen molar-refractivity contribution in [1.82, 2.24) is 0 Å². The van der Waals surface area contributed by atoms with Crippen LogP contribution in [0.1, 0.15) is 29.7 Å². The van der Waals surface area contributed by atoms with Gasteiger partial charge in [0.1, 0.15) is 11.6 Å².